The Labute approximate surface area is 286 Å². The molecule has 258 valence electrons. The first-order chi connectivity index (χ1) is 23.4. The molecule has 0 saturated carbocycles. The highest BCUT2D eigenvalue weighted by molar-refractivity contribution is 7.99. The van der Waals surface area contributed by atoms with Crippen molar-refractivity contribution < 1.29 is 44.0 Å². The molecule has 0 radical (unpaired) electrons. The number of carboxylic acid groups (broad SMARTS) is 2. The van der Waals surface area contributed by atoms with E-state index in [1.165, 1.54) is 17.5 Å². The lowest BCUT2D eigenvalue weighted by Gasteiger charge is -2.22. The Hall–Kier alpha value is -5.11. The number of nitrogens with two attached hydrogens (primary N) is 1. The summed E-state index contributed by atoms with van der Waals surface area (Å²) in [6, 6.07) is 4.52. The van der Waals surface area contributed by atoms with Crippen molar-refractivity contribution in [1.82, 2.24) is 30.9 Å². The van der Waals surface area contributed by atoms with E-state index in [1.807, 2.05) is 25.1 Å². The third-order valence-electron chi connectivity index (χ3n) is 7.33. The minimum Gasteiger partial charge on any atom is -0.480 e. The number of nitrogens with zero attached hydrogens (tertiary/aromatic N) is 3. The highest BCUT2D eigenvalue weighted by atomic mass is 32.2. The number of hydrogen-bond donors (Lipinski definition) is 8. The van der Waals surface area contributed by atoms with Gasteiger partial charge in [-0.1, -0.05) is 11.8 Å². The van der Waals surface area contributed by atoms with Crippen LogP contribution in [-0.4, -0.2) is 96.9 Å². The number of amides is 3. The lowest BCUT2D eigenvalue weighted by atomic mass is 10.1. The highest BCUT2D eigenvalue weighted by Crippen LogP contribution is 2.41. The minimum absolute atomic E-state index is 0.0191. The number of fused-ring (bicyclic) bond motifs is 5. The van der Waals surface area contributed by atoms with Crippen molar-refractivity contribution >= 4 is 79.4 Å². The van der Waals surface area contributed by atoms with Crippen LogP contribution in [-0.2, 0) is 25.8 Å². The summed E-state index contributed by atoms with van der Waals surface area (Å²) < 4.78 is 6.90. The average molecular weight is 713 g/mol. The number of ether oxygens (including phenoxy) is 1. The van der Waals surface area contributed by atoms with Crippen LogP contribution in [0.4, 0.5) is 5.69 Å². The van der Waals surface area contributed by atoms with Gasteiger partial charge >= 0.3 is 11.9 Å². The van der Waals surface area contributed by atoms with E-state index >= 15 is 0 Å². The van der Waals surface area contributed by atoms with Gasteiger partial charge in [0.2, 0.25) is 23.6 Å². The topological polar surface area (TPSA) is 268 Å². The average Bonchev–Trinajstić information content (AvgIpc) is 3.38. The van der Waals surface area contributed by atoms with E-state index in [-0.39, 0.29) is 53.0 Å². The predicted molar refractivity (Wildman–Crippen MR) is 179 cm³/mol. The van der Waals surface area contributed by atoms with Crippen LogP contribution in [0.5, 0.6) is 11.8 Å². The first kappa shape index (κ1) is 35.2. The molecule has 0 aliphatic carbocycles. The number of aliphatic carboxylic acids is 2. The second-order valence-electron chi connectivity index (χ2n) is 11.0. The molecule has 1 aliphatic rings. The number of nitrogens with one attached hydrogen (secondary N) is 4. The fourth-order valence-electron chi connectivity index (χ4n) is 4.96. The maximum atomic E-state index is 12.8. The van der Waals surface area contributed by atoms with Gasteiger partial charge in [-0.15, -0.1) is 11.3 Å². The predicted octanol–water partition coefficient (Wildman–Crippen LogP) is 1.04. The number of carboxylic acids is 2. The second kappa shape index (κ2) is 15.4. The molecule has 4 heterocycles. The van der Waals surface area contributed by atoms with Crippen LogP contribution in [0, 0.1) is 0 Å². The molecule has 0 bridgehead atoms. The molecule has 0 saturated heterocycles. The molecule has 1 aromatic carbocycles. The van der Waals surface area contributed by atoms with Gasteiger partial charge in [-0.3, -0.25) is 29.3 Å². The number of thiophene rings is 1. The number of carbonyl (C=O) groups excluding carboxylic acids is 3. The number of anilines is 1. The Morgan fingerprint density at radius 2 is 1.96 bits per heavy atom. The molecule has 0 unspecified atom stereocenters. The van der Waals surface area contributed by atoms with Crippen LogP contribution in [0.1, 0.15) is 35.0 Å². The number of aliphatic hydroxyl groups is 1. The zero-order valence-corrected chi connectivity index (χ0v) is 27.5. The van der Waals surface area contributed by atoms with Crippen LogP contribution < -0.4 is 31.7 Å². The molecule has 3 atom stereocenters. The van der Waals surface area contributed by atoms with Gasteiger partial charge in [-0.2, -0.15) is 4.98 Å². The molecule has 3 aromatic heterocycles. The number of primary amides is 1. The van der Waals surface area contributed by atoms with Crippen molar-refractivity contribution in [3.8, 4) is 11.8 Å². The molecule has 0 fully saturated rings. The Morgan fingerprint density at radius 3 is 2.67 bits per heavy atom. The van der Waals surface area contributed by atoms with E-state index in [2.05, 4.69) is 36.2 Å². The minimum atomic E-state index is -1.34. The zero-order valence-electron chi connectivity index (χ0n) is 25.9. The Kier molecular flexibility index (Phi) is 11.1. The van der Waals surface area contributed by atoms with Crippen molar-refractivity contribution in [1.29, 1.82) is 0 Å². The summed E-state index contributed by atoms with van der Waals surface area (Å²) in [5, 5.41) is 41.5. The summed E-state index contributed by atoms with van der Waals surface area (Å²) in [5.41, 5.74) is 6.72. The molecule has 17 nitrogen and oxygen atoms in total. The lowest BCUT2D eigenvalue weighted by molar-refractivity contribution is -0.141. The summed E-state index contributed by atoms with van der Waals surface area (Å²) in [4.78, 5) is 73.4. The van der Waals surface area contributed by atoms with E-state index in [4.69, 9.17) is 15.6 Å². The molecule has 3 amide bonds. The van der Waals surface area contributed by atoms with Crippen LogP contribution >= 0.6 is 23.1 Å². The molecule has 5 rings (SSSR count). The van der Waals surface area contributed by atoms with Crippen LogP contribution in [0.25, 0.3) is 21.0 Å². The number of benzene rings is 1. The smallest absolute Gasteiger partial charge is 0.322 e. The van der Waals surface area contributed by atoms with Crippen molar-refractivity contribution in [3.05, 3.63) is 40.9 Å². The molecule has 1 aliphatic heterocycles. The van der Waals surface area contributed by atoms with E-state index in [0.717, 1.165) is 32.9 Å². The fourth-order valence-corrected chi connectivity index (χ4v) is 6.89. The Bertz CT molecular complexity index is 1940. The largest absolute Gasteiger partial charge is 0.480 e. The van der Waals surface area contributed by atoms with E-state index in [0.29, 0.717) is 16.9 Å². The molecule has 9 N–H and O–H groups in total. The Balaban J connectivity index is 1.37. The number of aliphatic hydroxyl groups excluding tert-OH is 1. The van der Waals surface area contributed by atoms with Crippen molar-refractivity contribution in [2.24, 2.45) is 5.73 Å². The summed E-state index contributed by atoms with van der Waals surface area (Å²) >= 11 is 2.32. The number of pyridine rings is 1. The van der Waals surface area contributed by atoms with E-state index < -0.39 is 49.0 Å². The van der Waals surface area contributed by atoms with Crippen LogP contribution in [0.2, 0.25) is 0 Å². The van der Waals surface area contributed by atoms with Gasteiger partial charge in [0.1, 0.15) is 17.5 Å². The molecule has 4 aromatic rings. The van der Waals surface area contributed by atoms with Gasteiger partial charge in [-0.25, -0.2) is 9.97 Å². The number of hydrogen-bond acceptors (Lipinski definition) is 14. The zero-order chi connectivity index (χ0) is 35.2. The normalized spacial score (nSPS) is 15.4. The van der Waals surface area contributed by atoms with Crippen molar-refractivity contribution in [2.75, 3.05) is 24.2 Å². The van der Waals surface area contributed by atoms with Gasteiger partial charge in [0.05, 0.1) is 29.4 Å². The Morgan fingerprint density at radius 1 is 1.16 bits per heavy atom. The van der Waals surface area contributed by atoms with Crippen LogP contribution in [0.3, 0.4) is 0 Å². The third kappa shape index (κ3) is 8.49. The van der Waals surface area contributed by atoms with E-state index in [9.17, 15) is 34.2 Å². The number of rotatable bonds is 15. The van der Waals surface area contributed by atoms with Crippen molar-refractivity contribution in [2.45, 2.75) is 49.7 Å². The second-order valence-corrected chi connectivity index (χ2v) is 13.0. The molecular formula is C30H32N8O9S2. The highest BCUT2D eigenvalue weighted by Gasteiger charge is 2.28. The first-order valence-corrected chi connectivity index (χ1v) is 16.7. The van der Waals surface area contributed by atoms with Gasteiger partial charge in [0, 0.05) is 52.5 Å². The standard InChI is InChI=1S/C30H32N8O9S2/c1-13-8-32-24-23-15-2-7-21(37-16(15)3-5-19(23)49-25(24)27(44)35-13)47-28-14(11-39)9-34-30(38-28)48-12-18(26(43)33-10-22(41)42)36-17(29(45)46)4-6-20(31)40/h2-3,5,7,9,13,17-18,32,36,39H,4,6,8,10-12H2,1H3,(H2,31,40)(H,33,43)(H,35,44)(H,41,42)(H,45,46)/t13-,17+,18+/m1/s1. The van der Waals surface area contributed by atoms with Gasteiger partial charge in [0.25, 0.3) is 5.91 Å². The molecule has 49 heavy (non-hydrogen) atoms. The quantitative estimate of drug-likeness (QED) is 0.0632. The van der Waals surface area contributed by atoms with Crippen LogP contribution in [0.15, 0.2) is 35.6 Å². The molecule has 19 heteroatoms. The monoisotopic (exact) mass is 712 g/mol. The maximum Gasteiger partial charge on any atom is 0.322 e. The summed E-state index contributed by atoms with van der Waals surface area (Å²) in [6.45, 7) is 1.31. The maximum absolute atomic E-state index is 12.8. The lowest BCUT2D eigenvalue weighted by Crippen LogP contribution is -2.53. The van der Waals surface area contributed by atoms with Gasteiger partial charge in [-0.05, 0) is 31.5 Å². The van der Waals surface area contributed by atoms with E-state index in [1.54, 1.807) is 6.07 Å². The van der Waals surface area contributed by atoms with Gasteiger partial charge < -0.3 is 41.7 Å². The third-order valence-corrected chi connectivity index (χ3v) is 9.44. The first-order valence-electron chi connectivity index (χ1n) is 14.9. The fraction of sp³-hybridized carbons (Fsp3) is 0.333. The SMILES string of the molecule is C[C@@H]1CNc2c(sc3ccc4nc(Oc5nc(SC[C@H](N[C@@H](CCC(N)=O)C(=O)O)C(=O)NCC(=O)O)ncc5CO)ccc4c23)C(=O)N1. The summed E-state index contributed by atoms with van der Waals surface area (Å²) in [5.74, 6) is -4.32. The van der Waals surface area contributed by atoms with Crippen molar-refractivity contribution in [3.63, 3.8) is 0 Å². The molecular weight excluding hydrogens is 681 g/mol. The summed E-state index contributed by atoms with van der Waals surface area (Å²) in [6.07, 6.45) is 0.860. The summed E-state index contributed by atoms with van der Waals surface area (Å²) in [7, 11) is 0. The number of carbonyl (C=O) groups is 5. The van der Waals surface area contributed by atoms with Gasteiger partial charge in [0.15, 0.2) is 5.16 Å². The number of thioether (sulfide) groups is 1. The molecule has 0 spiro atoms. The number of aromatic nitrogens is 3.